The lowest BCUT2D eigenvalue weighted by molar-refractivity contribution is 0.0674. The van der Waals surface area contributed by atoms with Gasteiger partial charge in [-0.3, -0.25) is 0 Å². The molecule has 3 nitrogen and oxygen atoms in total. The monoisotopic (exact) mass is 293 g/mol. The van der Waals surface area contributed by atoms with E-state index in [0.29, 0.717) is 17.8 Å². The molecule has 0 aliphatic heterocycles. The van der Waals surface area contributed by atoms with Crippen LogP contribution in [0.25, 0.3) is 0 Å². The summed E-state index contributed by atoms with van der Waals surface area (Å²) in [5.41, 5.74) is 0.709. The summed E-state index contributed by atoms with van der Waals surface area (Å²) < 4.78 is 0. The average Bonchev–Trinajstić information content (AvgIpc) is 2.36. The molecule has 1 rings (SSSR count). The molecule has 0 amide bonds. The minimum absolute atomic E-state index is 0.324. The molecule has 3 heteroatoms. The molecule has 0 spiro atoms. The Bertz CT molecular complexity index is 395. The highest BCUT2D eigenvalue weighted by atomic mass is 16.3. The van der Waals surface area contributed by atoms with E-state index in [-0.39, 0.29) is 0 Å². The van der Waals surface area contributed by atoms with Gasteiger partial charge in [0.15, 0.2) is 0 Å². The van der Waals surface area contributed by atoms with Gasteiger partial charge in [-0.1, -0.05) is 12.1 Å². The largest absolute Gasteiger partial charge is 0.508 e. The summed E-state index contributed by atoms with van der Waals surface area (Å²) in [6.45, 7) is 8.16. The molecule has 0 heterocycles. The van der Waals surface area contributed by atoms with Crippen molar-refractivity contribution < 1.29 is 10.2 Å². The standard InChI is InChI=1S/C18H31NO2/c1-14(6-5-13-18(3,4)21)19-15(2)7-8-16-9-11-17(20)12-10-16/h9-12,14-15,19-21H,5-8,13H2,1-4H3/t14-,15+/m1/s1. The Morgan fingerprint density at radius 3 is 2.19 bits per heavy atom. The van der Waals surface area contributed by atoms with Gasteiger partial charge in [-0.15, -0.1) is 0 Å². The van der Waals surface area contributed by atoms with Crippen LogP contribution in [0.3, 0.4) is 0 Å². The molecule has 0 fully saturated rings. The summed E-state index contributed by atoms with van der Waals surface area (Å²) in [5, 5.41) is 22.6. The van der Waals surface area contributed by atoms with E-state index in [4.69, 9.17) is 0 Å². The van der Waals surface area contributed by atoms with E-state index in [1.165, 1.54) is 5.56 Å². The second kappa shape index (κ2) is 8.40. The highest BCUT2D eigenvalue weighted by molar-refractivity contribution is 5.25. The molecule has 0 unspecified atom stereocenters. The van der Waals surface area contributed by atoms with Crippen LogP contribution in [0.15, 0.2) is 24.3 Å². The first-order valence-corrected chi connectivity index (χ1v) is 8.02. The second-order valence-corrected chi connectivity index (χ2v) is 6.88. The molecule has 0 aliphatic rings. The molecule has 120 valence electrons. The molecule has 21 heavy (non-hydrogen) atoms. The number of nitrogens with one attached hydrogen (secondary N) is 1. The van der Waals surface area contributed by atoms with Gasteiger partial charge in [-0.25, -0.2) is 0 Å². The predicted octanol–water partition coefficient (Wildman–Crippen LogP) is 3.63. The van der Waals surface area contributed by atoms with Gasteiger partial charge in [0.25, 0.3) is 0 Å². The zero-order valence-electron chi connectivity index (χ0n) is 13.9. The lowest BCUT2D eigenvalue weighted by Crippen LogP contribution is -2.35. The zero-order valence-corrected chi connectivity index (χ0v) is 13.9. The molecule has 0 aromatic heterocycles. The Kier molecular flexibility index (Phi) is 7.20. The van der Waals surface area contributed by atoms with E-state index < -0.39 is 5.60 Å². The Morgan fingerprint density at radius 2 is 1.62 bits per heavy atom. The Labute approximate surface area is 129 Å². The summed E-state index contributed by atoms with van der Waals surface area (Å²) in [6, 6.07) is 8.39. The van der Waals surface area contributed by atoms with Crippen LogP contribution in [-0.2, 0) is 6.42 Å². The van der Waals surface area contributed by atoms with Crippen LogP contribution in [0.1, 0.15) is 58.9 Å². The number of aromatic hydroxyl groups is 1. The minimum atomic E-state index is -0.551. The molecule has 0 bridgehead atoms. The zero-order chi connectivity index (χ0) is 15.9. The fourth-order valence-electron chi connectivity index (χ4n) is 2.54. The highest BCUT2D eigenvalue weighted by Gasteiger charge is 2.13. The van der Waals surface area contributed by atoms with E-state index >= 15 is 0 Å². The third kappa shape index (κ3) is 8.74. The van der Waals surface area contributed by atoms with Gasteiger partial charge in [0.2, 0.25) is 0 Å². The Morgan fingerprint density at radius 1 is 1.05 bits per heavy atom. The summed E-state index contributed by atoms with van der Waals surface area (Å²) in [7, 11) is 0. The molecule has 0 radical (unpaired) electrons. The van der Waals surface area contributed by atoms with Crippen LogP contribution in [0.2, 0.25) is 0 Å². The first-order chi connectivity index (χ1) is 9.76. The first kappa shape index (κ1) is 18.0. The van der Waals surface area contributed by atoms with Gasteiger partial charge in [0.05, 0.1) is 5.60 Å². The fourth-order valence-corrected chi connectivity index (χ4v) is 2.54. The van der Waals surface area contributed by atoms with E-state index in [0.717, 1.165) is 32.1 Å². The second-order valence-electron chi connectivity index (χ2n) is 6.88. The van der Waals surface area contributed by atoms with E-state index in [9.17, 15) is 10.2 Å². The number of aliphatic hydroxyl groups is 1. The number of hydrogen-bond acceptors (Lipinski definition) is 3. The molecule has 1 aromatic carbocycles. The first-order valence-electron chi connectivity index (χ1n) is 8.02. The van der Waals surface area contributed by atoms with Crippen molar-refractivity contribution in [2.75, 3.05) is 0 Å². The molecule has 0 saturated carbocycles. The van der Waals surface area contributed by atoms with Crippen molar-refractivity contribution in [3.63, 3.8) is 0 Å². The summed E-state index contributed by atoms with van der Waals surface area (Å²) >= 11 is 0. The molecule has 1 aromatic rings. The van der Waals surface area contributed by atoms with Gasteiger partial charge in [0.1, 0.15) is 5.75 Å². The minimum Gasteiger partial charge on any atom is -0.508 e. The maximum Gasteiger partial charge on any atom is 0.115 e. The summed E-state index contributed by atoms with van der Waals surface area (Å²) in [6.07, 6.45) is 5.09. The molecule has 0 aliphatic carbocycles. The lowest BCUT2D eigenvalue weighted by atomic mass is 9.99. The van der Waals surface area contributed by atoms with Crippen molar-refractivity contribution in [2.45, 2.75) is 77.5 Å². The van der Waals surface area contributed by atoms with E-state index in [1.54, 1.807) is 12.1 Å². The van der Waals surface area contributed by atoms with Gasteiger partial charge in [-0.05, 0) is 77.5 Å². The van der Waals surface area contributed by atoms with Crippen LogP contribution in [0.5, 0.6) is 5.75 Å². The highest BCUT2D eigenvalue weighted by Crippen LogP contribution is 2.14. The van der Waals surface area contributed by atoms with Gasteiger partial charge in [-0.2, -0.15) is 0 Å². The van der Waals surface area contributed by atoms with Crippen LogP contribution in [0, 0.1) is 0 Å². The Hall–Kier alpha value is -1.06. The molecule has 3 N–H and O–H groups in total. The SMILES string of the molecule is C[C@H](CCCC(C)(C)O)N[C@@H](C)CCc1ccc(O)cc1. The van der Waals surface area contributed by atoms with Crippen LogP contribution < -0.4 is 5.32 Å². The van der Waals surface area contributed by atoms with E-state index in [1.807, 2.05) is 26.0 Å². The van der Waals surface area contributed by atoms with Crippen molar-refractivity contribution in [2.24, 2.45) is 0 Å². The number of phenols is 1. The average molecular weight is 293 g/mol. The van der Waals surface area contributed by atoms with Crippen molar-refractivity contribution >= 4 is 0 Å². The van der Waals surface area contributed by atoms with Crippen molar-refractivity contribution in [3.8, 4) is 5.75 Å². The fraction of sp³-hybridized carbons (Fsp3) is 0.667. The molecular formula is C18H31NO2. The number of hydrogen-bond donors (Lipinski definition) is 3. The van der Waals surface area contributed by atoms with Crippen molar-refractivity contribution in [1.29, 1.82) is 0 Å². The van der Waals surface area contributed by atoms with Gasteiger partial charge >= 0.3 is 0 Å². The number of aryl methyl sites for hydroxylation is 1. The van der Waals surface area contributed by atoms with E-state index in [2.05, 4.69) is 19.2 Å². The number of phenolic OH excluding ortho intramolecular Hbond substituents is 1. The number of benzene rings is 1. The van der Waals surface area contributed by atoms with Crippen molar-refractivity contribution in [1.82, 2.24) is 5.32 Å². The smallest absolute Gasteiger partial charge is 0.115 e. The quantitative estimate of drug-likeness (QED) is 0.651. The maximum atomic E-state index is 9.70. The third-order valence-corrected chi connectivity index (χ3v) is 3.80. The molecular weight excluding hydrogens is 262 g/mol. The van der Waals surface area contributed by atoms with Crippen LogP contribution >= 0.6 is 0 Å². The topological polar surface area (TPSA) is 52.5 Å². The van der Waals surface area contributed by atoms with Gasteiger partial charge in [0, 0.05) is 12.1 Å². The number of rotatable bonds is 9. The molecule has 2 atom stereocenters. The summed E-state index contributed by atoms with van der Waals surface area (Å²) in [4.78, 5) is 0. The third-order valence-electron chi connectivity index (χ3n) is 3.80. The van der Waals surface area contributed by atoms with Gasteiger partial charge < -0.3 is 15.5 Å². The molecule has 0 saturated heterocycles. The summed E-state index contributed by atoms with van der Waals surface area (Å²) in [5.74, 6) is 0.324. The van der Waals surface area contributed by atoms with Crippen LogP contribution in [-0.4, -0.2) is 27.9 Å². The van der Waals surface area contributed by atoms with Crippen molar-refractivity contribution in [3.05, 3.63) is 29.8 Å². The van der Waals surface area contributed by atoms with Crippen LogP contribution in [0.4, 0.5) is 0 Å². The Balaban J connectivity index is 2.20. The normalized spacial score (nSPS) is 14.9. The lowest BCUT2D eigenvalue weighted by Gasteiger charge is -2.22. The predicted molar refractivity (Wildman–Crippen MR) is 88.6 cm³/mol. The maximum absolute atomic E-state index is 9.70.